The molecule has 1 rings (SSSR count). The second-order valence-electron chi connectivity index (χ2n) is 6.60. The maximum absolute atomic E-state index is 11.0. The molecular formula is C16H25O3P. The molecule has 112 valence electrons. The number of carbonyl (C=O) groups is 1. The van der Waals surface area contributed by atoms with Crippen LogP contribution in [0.15, 0.2) is 18.2 Å². The Morgan fingerprint density at radius 2 is 1.80 bits per heavy atom. The second kappa shape index (κ2) is 6.13. The van der Waals surface area contributed by atoms with E-state index in [1.807, 2.05) is 32.0 Å². The summed E-state index contributed by atoms with van der Waals surface area (Å²) in [4.78, 5) is 11.0. The third-order valence-electron chi connectivity index (χ3n) is 2.57. The van der Waals surface area contributed by atoms with Gasteiger partial charge in [0, 0.05) is 5.56 Å². The first kappa shape index (κ1) is 17.0. The zero-order chi connectivity index (χ0) is 15.6. The summed E-state index contributed by atoms with van der Waals surface area (Å²) in [6, 6.07) is 5.69. The molecule has 0 saturated heterocycles. The SMILES string of the molecule is CC(=O)COc1ccc(OC(C)(C)P)c(C(C)(C)C)c1. The van der Waals surface area contributed by atoms with E-state index >= 15 is 0 Å². The maximum Gasteiger partial charge on any atom is 0.167 e. The van der Waals surface area contributed by atoms with Gasteiger partial charge in [0.15, 0.2) is 5.78 Å². The van der Waals surface area contributed by atoms with E-state index in [0.717, 1.165) is 11.3 Å². The topological polar surface area (TPSA) is 35.5 Å². The van der Waals surface area contributed by atoms with Crippen molar-refractivity contribution in [3.8, 4) is 11.5 Å². The van der Waals surface area contributed by atoms with Crippen molar-refractivity contribution in [3.05, 3.63) is 23.8 Å². The summed E-state index contributed by atoms with van der Waals surface area (Å²) in [5.74, 6) is 1.54. The largest absolute Gasteiger partial charge is 0.486 e. The van der Waals surface area contributed by atoms with Crippen LogP contribution in [-0.2, 0) is 10.2 Å². The number of ether oxygens (including phenoxy) is 2. The van der Waals surface area contributed by atoms with Gasteiger partial charge in [0.1, 0.15) is 23.4 Å². The van der Waals surface area contributed by atoms with Crippen molar-refractivity contribution in [3.63, 3.8) is 0 Å². The molecule has 0 N–H and O–H groups in total. The van der Waals surface area contributed by atoms with Gasteiger partial charge >= 0.3 is 0 Å². The van der Waals surface area contributed by atoms with Crippen LogP contribution in [0.3, 0.4) is 0 Å². The zero-order valence-corrected chi connectivity index (χ0v) is 14.4. The number of ketones is 1. The van der Waals surface area contributed by atoms with E-state index in [1.54, 1.807) is 0 Å². The molecule has 4 heteroatoms. The summed E-state index contributed by atoms with van der Waals surface area (Å²) in [5.41, 5.74) is 0.995. The van der Waals surface area contributed by atoms with Crippen LogP contribution < -0.4 is 9.47 Å². The monoisotopic (exact) mass is 296 g/mol. The molecule has 0 bridgehead atoms. The number of Topliss-reactive ketones (excluding diaryl/α,β-unsaturated/α-hetero) is 1. The maximum atomic E-state index is 11.0. The van der Waals surface area contributed by atoms with Crippen LogP contribution >= 0.6 is 9.24 Å². The predicted octanol–water partition coefficient (Wildman–Crippen LogP) is 3.94. The summed E-state index contributed by atoms with van der Waals surface area (Å²) in [7, 11) is 2.68. The van der Waals surface area contributed by atoms with Crippen LogP contribution in [0.1, 0.15) is 47.1 Å². The van der Waals surface area contributed by atoms with E-state index < -0.39 is 0 Å². The summed E-state index contributed by atoms with van der Waals surface area (Å²) in [5, 5.41) is -0.332. The highest BCUT2D eigenvalue weighted by Crippen LogP contribution is 2.37. The molecule has 0 radical (unpaired) electrons. The molecule has 1 aromatic carbocycles. The molecule has 1 aromatic rings. The number of rotatable bonds is 5. The van der Waals surface area contributed by atoms with Crippen LogP contribution in [-0.4, -0.2) is 17.7 Å². The Morgan fingerprint density at radius 1 is 1.20 bits per heavy atom. The molecule has 0 amide bonds. The Kier molecular flexibility index (Phi) is 5.21. The van der Waals surface area contributed by atoms with Gasteiger partial charge < -0.3 is 9.47 Å². The van der Waals surface area contributed by atoms with Gasteiger partial charge in [0.2, 0.25) is 0 Å². The third kappa shape index (κ3) is 5.50. The van der Waals surface area contributed by atoms with Crippen molar-refractivity contribution in [1.82, 2.24) is 0 Å². The lowest BCUT2D eigenvalue weighted by Gasteiger charge is -2.28. The average Bonchev–Trinajstić information content (AvgIpc) is 2.24. The fraction of sp³-hybridized carbons (Fsp3) is 0.562. The first-order valence-corrected chi connectivity index (χ1v) is 7.31. The lowest BCUT2D eigenvalue weighted by Crippen LogP contribution is -2.22. The molecule has 0 fully saturated rings. The smallest absolute Gasteiger partial charge is 0.167 e. The third-order valence-corrected chi connectivity index (χ3v) is 2.69. The average molecular weight is 296 g/mol. The van der Waals surface area contributed by atoms with Gasteiger partial charge in [-0.3, -0.25) is 4.79 Å². The minimum absolute atomic E-state index is 0.00808. The lowest BCUT2D eigenvalue weighted by atomic mass is 9.86. The highest BCUT2D eigenvalue weighted by molar-refractivity contribution is 7.18. The van der Waals surface area contributed by atoms with Crippen molar-refractivity contribution in [2.75, 3.05) is 6.61 Å². The van der Waals surface area contributed by atoms with Crippen molar-refractivity contribution in [2.45, 2.75) is 52.3 Å². The quantitative estimate of drug-likeness (QED) is 0.772. The Bertz CT molecular complexity index is 481. The van der Waals surface area contributed by atoms with E-state index in [2.05, 4.69) is 30.0 Å². The van der Waals surface area contributed by atoms with Gasteiger partial charge in [0.25, 0.3) is 0 Å². The van der Waals surface area contributed by atoms with E-state index in [0.29, 0.717) is 5.75 Å². The number of carbonyl (C=O) groups excluding carboxylic acids is 1. The molecule has 0 aromatic heterocycles. The van der Waals surface area contributed by atoms with Crippen LogP contribution in [0, 0.1) is 0 Å². The molecule has 1 unspecified atom stereocenters. The van der Waals surface area contributed by atoms with Crippen molar-refractivity contribution < 1.29 is 14.3 Å². The van der Waals surface area contributed by atoms with Gasteiger partial charge in [-0.15, -0.1) is 0 Å². The molecule has 1 atom stereocenters. The number of hydrogen-bond acceptors (Lipinski definition) is 3. The van der Waals surface area contributed by atoms with E-state index in [4.69, 9.17) is 9.47 Å². The summed E-state index contributed by atoms with van der Waals surface area (Å²) in [6.45, 7) is 12.0. The molecule has 20 heavy (non-hydrogen) atoms. The molecule has 0 aliphatic rings. The van der Waals surface area contributed by atoms with Gasteiger partial charge in [-0.2, -0.15) is 0 Å². The Hall–Kier alpha value is -1.08. The highest BCUT2D eigenvalue weighted by atomic mass is 31.0. The minimum atomic E-state index is -0.332. The lowest BCUT2D eigenvalue weighted by molar-refractivity contribution is -0.118. The summed E-state index contributed by atoms with van der Waals surface area (Å²) in [6.07, 6.45) is 0. The zero-order valence-electron chi connectivity index (χ0n) is 13.2. The van der Waals surface area contributed by atoms with E-state index in [9.17, 15) is 4.79 Å². The minimum Gasteiger partial charge on any atom is -0.486 e. The molecule has 3 nitrogen and oxygen atoms in total. The number of hydrogen-bond donors (Lipinski definition) is 0. The van der Waals surface area contributed by atoms with Crippen molar-refractivity contribution in [1.29, 1.82) is 0 Å². The van der Waals surface area contributed by atoms with Crippen molar-refractivity contribution >= 4 is 15.0 Å². The first-order chi connectivity index (χ1) is 8.99. The molecule has 0 heterocycles. The molecule has 0 saturated carbocycles. The fourth-order valence-electron chi connectivity index (χ4n) is 1.74. The van der Waals surface area contributed by atoms with Gasteiger partial charge in [-0.1, -0.05) is 30.0 Å². The van der Waals surface area contributed by atoms with Crippen LogP contribution in [0.5, 0.6) is 11.5 Å². The van der Waals surface area contributed by atoms with Gasteiger partial charge in [-0.25, -0.2) is 0 Å². The summed E-state index contributed by atoms with van der Waals surface area (Å²) >= 11 is 0. The Balaban J connectivity index is 3.10. The van der Waals surface area contributed by atoms with E-state index in [-0.39, 0.29) is 23.1 Å². The molecular weight excluding hydrogens is 271 g/mol. The summed E-state index contributed by atoms with van der Waals surface area (Å²) < 4.78 is 11.5. The standard InChI is InChI=1S/C16H25O3P/c1-11(17)10-18-12-7-8-14(19-16(5,6)20)13(9-12)15(2,3)4/h7-9H,10,20H2,1-6H3. The highest BCUT2D eigenvalue weighted by Gasteiger charge is 2.23. The van der Waals surface area contributed by atoms with Crippen molar-refractivity contribution in [2.24, 2.45) is 0 Å². The van der Waals surface area contributed by atoms with Crippen LogP contribution in [0.4, 0.5) is 0 Å². The Labute approximate surface area is 124 Å². The molecule has 0 aliphatic heterocycles. The van der Waals surface area contributed by atoms with Crippen LogP contribution in [0.25, 0.3) is 0 Å². The van der Waals surface area contributed by atoms with Gasteiger partial charge in [-0.05, 0) is 44.4 Å². The first-order valence-electron chi connectivity index (χ1n) is 6.74. The van der Waals surface area contributed by atoms with E-state index in [1.165, 1.54) is 6.92 Å². The fourth-order valence-corrected chi connectivity index (χ4v) is 1.87. The normalized spacial score (nSPS) is 12.2. The molecule has 0 spiro atoms. The predicted molar refractivity (Wildman–Crippen MR) is 85.7 cm³/mol. The Morgan fingerprint density at radius 3 is 2.25 bits per heavy atom. The van der Waals surface area contributed by atoms with Gasteiger partial charge in [0.05, 0.1) is 0 Å². The second-order valence-corrected chi connectivity index (χ2v) is 7.99. The molecule has 0 aliphatic carbocycles. The van der Waals surface area contributed by atoms with Crippen LogP contribution in [0.2, 0.25) is 0 Å². The number of benzene rings is 1.